The molecule has 0 saturated carbocycles. The van der Waals surface area contributed by atoms with Crippen LogP contribution in [0.4, 0.5) is 0 Å². The molecule has 0 amide bonds. The van der Waals surface area contributed by atoms with Crippen LogP contribution in [0.1, 0.15) is 27.7 Å². The lowest BCUT2D eigenvalue weighted by Crippen LogP contribution is -2.37. The van der Waals surface area contributed by atoms with Crippen molar-refractivity contribution in [2.45, 2.75) is 27.7 Å². The molecule has 0 unspecified atom stereocenters. The van der Waals surface area contributed by atoms with Crippen LogP contribution in [0.3, 0.4) is 0 Å². The van der Waals surface area contributed by atoms with E-state index in [1.807, 2.05) is 7.05 Å². The summed E-state index contributed by atoms with van der Waals surface area (Å²) in [5.41, 5.74) is 4.33. The average molecular weight is 170 g/mol. The molecular formula is C10H22N2. The maximum atomic E-state index is 3.95. The van der Waals surface area contributed by atoms with E-state index >= 15 is 0 Å². The van der Waals surface area contributed by atoms with Gasteiger partial charge in [-0.25, -0.2) is 5.01 Å². The highest BCUT2D eigenvalue weighted by atomic mass is 15.5. The van der Waals surface area contributed by atoms with E-state index in [0.717, 1.165) is 12.2 Å². The first-order valence-electron chi connectivity index (χ1n) is 4.60. The van der Waals surface area contributed by atoms with Gasteiger partial charge in [0.2, 0.25) is 0 Å². The van der Waals surface area contributed by atoms with Crippen molar-refractivity contribution >= 4 is 0 Å². The Morgan fingerprint density at radius 2 is 1.83 bits per heavy atom. The lowest BCUT2D eigenvalue weighted by Gasteiger charge is -2.24. The van der Waals surface area contributed by atoms with Crippen LogP contribution >= 0.6 is 0 Å². The molecule has 0 aromatic heterocycles. The molecule has 0 saturated heterocycles. The van der Waals surface area contributed by atoms with Gasteiger partial charge in [0.1, 0.15) is 0 Å². The molecule has 1 N–H and O–H groups in total. The second-order valence-electron chi connectivity index (χ2n) is 4.07. The summed E-state index contributed by atoms with van der Waals surface area (Å²) in [6, 6.07) is 0. The van der Waals surface area contributed by atoms with Crippen LogP contribution < -0.4 is 5.43 Å². The molecule has 0 spiro atoms. The minimum Gasteiger partial charge on any atom is -0.324 e. The quantitative estimate of drug-likeness (QED) is 0.637. The van der Waals surface area contributed by atoms with E-state index in [4.69, 9.17) is 0 Å². The summed E-state index contributed by atoms with van der Waals surface area (Å²) in [7, 11) is 2.05. The van der Waals surface area contributed by atoms with E-state index in [1.54, 1.807) is 0 Å². The normalized spacial score (nSPS) is 11.3. The van der Waals surface area contributed by atoms with E-state index in [9.17, 15) is 0 Å². The van der Waals surface area contributed by atoms with Crippen LogP contribution in [0.5, 0.6) is 0 Å². The first kappa shape index (κ1) is 11.5. The zero-order valence-corrected chi connectivity index (χ0v) is 9.02. The van der Waals surface area contributed by atoms with Gasteiger partial charge in [-0.3, -0.25) is 0 Å². The highest BCUT2D eigenvalue weighted by Crippen LogP contribution is 2.03. The van der Waals surface area contributed by atoms with Crippen molar-refractivity contribution in [1.82, 2.24) is 10.4 Å². The number of hydrogen-bond donors (Lipinski definition) is 1. The number of allylic oxidation sites excluding steroid dienone is 1. The summed E-state index contributed by atoms with van der Waals surface area (Å²) in [4.78, 5) is 0. The molecule has 0 aliphatic rings. The largest absolute Gasteiger partial charge is 0.324 e. The summed E-state index contributed by atoms with van der Waals surface area (Å²) in [5, 5.41) is 2.09. The Balaban J connectivity index is 3.69. The molecule has 0 aliphatic carbocycles. The Morgan fingerprint density at radius 1 is 1.33 bits per heavy atom. The fourth-order valence-electron chi connectivity index (χ4n) is 0.968. The van der Waals surface area contributed by atoms with Gasteiger partial charge in [-0.05, 0) is 11.8 Å². The molecule has 0 bridgehead atoms. The fourth-order valence-corrected chi connectivity index (χ4v) is 0.968. The van der Waals surface area contributed by atoms with Crippen molar-refractivity contribution in [3.05, 3.63) is 12.3 Å². The van der Waals surface area contributed by atoms with Crippen LogP contribution in [0.2, 0.25) is 0 Å². The molecule has 2 heteroatoms. The lowest BCUT2D eigenvalue weighted by atomic mass is 10.2. The van der Waals surface area contributed by atoms with Crippen LogP contribution in [-0.2, 0) is 0 Å². The van der Waals surface area contributed by atoms with Crippen molar-refractivity contribution in [3.8, 4) is 0 Å². The summed E-state index contributed by atoms with van der Waals surface area (Å²) in [6.07, 6.45) is 0. The maximum absolute atomic E-state index is 3.95. The molecule has 0 rings (SSSR count). The molecule has 12 heavy (non-hydrogen) atoms. The van der Waals surface area contributed by atoms with Gasteiger partial charge in [-0.1, -0.05) is 34.3 Å². The molecule has 72 valence electrons. The Morgan fingerprint density at radius 3 is 2.17 bits per heavy atom. The topological polar surface area (TPSA) is 15.3 Å². The Labute approximate surface area is 76.6 Å². The zero-order valence-electron chi connectivity index (χ0n) is 9.02. The van der Waals surface area contributed by atoms with E-state index < -0.39 is 0 Å². The molecule has 0 fully saturated rings. The maximum Gasteiger partial charge on any atom is 0.0217 e. The fraction of sp³-hybridized carbons (Fsp3) is 0.800. The molecule has 0 aromatic rings. The molecule has 0 aromatic carbocycles. The highest BCUT2D eigenvalue weighted by Gasteiger charge is 2.04. The predicted octanol–water partition coefficient (Wildman–Crippen LogP) is 2.25. The van der Waals surface area contributed by atoms with Gasteiger partial charge in [0.25, 0.3) is 0 Å². The van der Waals surface area contributed by atoms with Crippen LogP contribution in [0.15, 0.2) is 12.3 Å². The second kappa shape index (κ2) is 5.20. The number of hydrazine groups is 1. The summed E-state index contributed by atoms with van der Waals surface area (Å²) < 4.78 is 0. The lowest BCUT2D eigenvalue weighted by molar-refractivity contribution is 0.227. The van der Waals surface area contributed by atoms with Crippen molar-refractivity contribution in [1.29, 1.82) is 0 Å². The van der Waals surface area contributed by atoms with Crippen LogP contribution in [0.25, 0.3) is 0 Å². The monoisotopic (exact) mass is 170 g/mol. The van der Waals surface area contributed by atoms with E-state index in [0.29, 0.717) is 11.8 Å². The summed E-state index contributed by atoms with van der Waals surface area (Å²) in [5.74, 6) is 1.18. The molecule has 0 heterocycles. The van der Waals surface area contributed by atoms with Gasteiger partial charge in [0, 0.05) is 19.3 Å². The minimum absolute atomic E-state index is 0.500. The number of nitrogens with zero attached hydrogens (tertiary/aromatic N) is 1. The first-order chi connectivity index (χ1) is 5.43. The van der Waals surface area contributed by atoms with Crippen molar-refractivity contribution in [2.24, 2.45) is 11.8 Å². The Kier molecular flexibility index (Phi) is 4.98. The van der Waals surface area contributed by atoms with E-state index in [1.165, 1.54) is 0 Å². The predicted molar refractivity (Wildman–Crippen MR) is 54.6 cm³/mol. The highest BCUT2D eigenvalue weighted by molar-refractivity contribution is 4.92. The summed E-state index contributed by atoms with van der Waals surface area (Å²) in [6.45, 7) is 13.7. The van der Waals surface area contributed by atoms with Crippen molar-refractivity contribution in [3.63, 3.8) is 0 Å². The Hall–Kier alpha value is -0.500. The molecule has 2 nitrogen and oxygen atoms in total. The molecule has 0 radical (unpaired) electrons. The third-order valence-electron chi connectivity index (χ3n) is 1.67. The minimum atomic E-state index is 0.500. The molecule has 0 atom stereocenters. The number of rotatable bonds is 5. The number of nitrogens with one attached hydrogen (secondary N) is 1. The molecular weight excluding hydrogens is 148 g/mol. The summed E-state index contributed by atoms with van der Waals surface area (Å²) >= 11 is 0. The third kappa shape index (κ3) is 5.19. The van der Waals surface area contributed by atoms with E-state index in [2.05, 4.69) is 44.7 Å². The van der Waals surface area contributed by atoms with Gasteiger partial charge >= 0.3 is 0 Å². The Bertz CT molecular complexity index is 139. The van der Waals surface area contributed by atoms with Gasteiger partial charge in [-0.15, -0.1) is 0 Å². The van der Waals surface area contributed by atoms with Crippen LogP contribution in [-0.4, -0.2) is 18.6 Å². The SMILES string of the molecule is C=C(NN(C)CC(C)C)C(C)C. The third-order valence-corrected chi connectivity index (χ3v) is 1.67. The second-order valence-corrected chi connectivity index (χ2v) is 4.07. The number of hydrogen-bond acceptors (Lipinski definition) is 2. The average Bonchev–Trinajstić information content (AvgIpc) is 1.84. The van der Waals surface area contributed by atoms with Gasteiger partial charge in [0.15, 0.2) is 0 Å². The zero-order chi connectivity index (χ0) is 9.72. The van der Waals surface area contributed by atoms with Gasteiger partial charge in [-0.2, -0.15) is 0 Å². The smallest absolute Gasteiger partial charge is 0.0217 e. The van der Waals surface area contributed by atoms with Gasteiger partial charge < -0.3 is 5.43 Å². The van der Waals surface area contributed by atoms with Crippen molar-refractivity contribution in [2.75, 3.05) is 13.6 Å². The van der Waals surface area contributed by atoms with Crippen molar-refractivity contribution < 1.29 is 0 Å². The molecule has 0 aliphatic heterocycles. The van der Waals surface area contributed by atoms with Gasteiger partial charge in [0.05, 0.1) is 0 Å². The van der Waals surface area contributed by atoms with E-state index in [-0.39, 0.29) is 0 Å². The first-order valence-corrected chi connectivity index (χ1v) is 4.60. The van der Waals surface area contributed by atoms with Crippen LogP contribution in [0, 0.1) is 11.8 Å². The standard InChI is InChI=1S/C10H22N2/c1-8(2)7-12(6)11-10(5)9(3)4/h8-9,11H,5,7H2,1-4,6H3.